The lowest BCUT2D eigenvalue weighted by molar-refractivity contribution is -0.199. The Kier molecular flexibility index (Phi) is 1.28. The van der Waals surface area contributed by atoms with Gasteiger partial charge >= 0.3 is 11.9 Å². The number of esters is 2. The fourth-order valence-corrected chi connectivity index (χ4v) is 1.88. The molecule has 0 aromatic heterocycles. The van der Waals surface area contributed by atoms with Crippen LogP contribution in [0.15, 0.2) is 0 Å². The van der Waals surface area contributed by atoms with E-state index < -0.39 is 5.41 Å². The molecule has 0 atom stereocenters. The van der Waals surface area contributed by atoms with Crippen LogP contribution in [0.5, 0.6) is 0 Å². The van der Waals surface area contributed by atoms with Crippen molar-refractivity contribution in [3.8, 4) is 0 Å². The van der Waals surface area contributed by atoms with Crippen LogP contribution in [0.2, 0.25) is 0 Å². The van der Waals surface area contributed by atoms with Gasteiger partial charge in [0.2, 0.25) is 0 Å². The third-order valence-electron chi connectivity index (χ3n) is 2.67. The summed E-state index contributed by atoms with van der Waals surface area (Å²) >= 11 is 0. The molecular weight excluding hydrogens is 144 g/mol. The quantitative estimate of drug-likeness (QED) is 0.386. The third-order valence-corrected chi connectivity index (χ3v) is 2.67. The lowest BCUT2D eigenvalue weighted by Gasteiger charge is -2.38. The zero-order valence-electron chi connectivity index (χ0n) is 6.26. The van der Waals surface area contributed by atoms with Gasteiger partial charge in [0.05, 0.1) is 0 Å². The van der Waals surface area contributed by atoms with Crippen LogP contribution in [0.25, 0.3) is 0 Å². The summed E-state index contributed by atoms with van der Waals surface area (Å²) in [7, 11) is 0. The van der Waals surface area contributed by atoms with Crippen LogP contribution in [0.1, 0.15) is 32.1 Å². The second-order valence-corrected chi connectivity index (χ2v) is 3.32. The summed E-state index contributed by atoms with van der Waals surface area (Å²) < 4.78 is 4.35. The molecule has 1 aliphatic heterocycles. The number of hydrogen-bond donors (Lipinski definition) is 0. The van der Waals surface area contributed by atoms with E-state index in [9.17, 15) is 9.59 Å². The van der Waals surface area contributed by atoms with Gasteiger partial charge in [0.1, 0.15) is 0 Å². The Balaban J connectivity index is 2.19. The van der Waals surface area contributed by atoms with Crippen molar-refractivity contribution in [1.82, 2.24) is 0 Å². The maximum absolute atomic E-state index is 11.0. The van der Waals surface area contributed by atoms with Gasteiger partial charge in [-0.2, -0.15) is 0 Å². The van der Waals surface area contributed by atoms with Gasteiger partial charge in [-0.1, -0.05) is 19.3 Å². The second kappa shape index (κ2) is 2.06. The number of ether oxygens (including phenoxy) is 1. The largest absolute Gasteiger partial charge is 0.391 e. The van der Waals surface area contributed by atoms with Crippen LogP contribution in [-0.4, -0.2) is 11.9 Å². The third kappa shape index (κ3) is 0.737. The summed E-state index contributed by atoms with van der Waals surface area (Å²) in [6.45, 7) is 0. The van der Waals surface area contributed by atoms with E-state index in [0.29, 0.717) is 12.8 Å². The molecule has 0 bridgehead atoms. The maximum Gasteiger partial charge on any atom is 0.331 e. The van der Waals surface area contributed by atoms with E-state index in [1.54, 1.807) is 0 Å². The van der Waals surface area contributed by atoms with Crippen molar-refractivity contribution in [2.45, 2.75) is 32.1 Å². The molecule has 1 heterocycles. The topological polar surface area (TPSA) is 43.4 Å². The minimum absolute atomic E-state index is 0.290. The molecule has 0 amide bonds. The Hall–Kier alpha value is -0.860. The van der Waals surface area contributed by atoms with Gasteiger partial charge in [-0.05, 0) is 12.8 Å². The van der Waals surface area contributed by atoms with Crippen LogP contribution in [-0.2, 0) is 14.3 Å². The van der Waals surface area contributed by atoms with Gasteiger partial charge in [-0.25, -0.2) is 0 Å². The lowest BCUT2D eigenvalue weighted by Crippen LogP contribution is -2.54. The molecule has 1 saturated heterocycles. The van der Waals surface area contributed by atoms with Crippen LogP contribution < -0.4 is 0 Å². The Morgan fingerprint density at radius 2 is 1.55 bits per heavy atom. The van der Waals surface area contributed by atoms with Gasteiger partial charge in [-0.3, -0.25) is 9.59 Å². The molecule has 11 heavy (non-hydrogen) atoms. The van der Waals surface area contributed by atoms with E-state index in [1.807, 2.05) is 0 Å². The molecule has 1 spiro atoms. The van der Waals surface area contributed by atoms with Gasteiger partial charge in [0, 0.05) is 0 Å². The Bertz CT molecular complexity index is 197. The smallest absolute Gasteiger partial charge is 0.331 e. The lowest BCUT2D eigenvalue weighted by atomic mass is 9.71. The normalized spacial score (nSPS) is 28.0. The molecule has 2 rings (SSSR count). The monoisotopic (exact) mass is 154 g/mol. The average molecular weight is 154 g/mol. The van der Waals surface area contributed by atoms with Crippen molar-refractivity contribution in [2.75, 3.05) is 0 Å². The van der Waals surface area contributed by atoms with Crippen LogP contribution in [0.4, 0.5) is 0 Å². The molecule has 60 valence electrons. The van der Waals surface area contributed by atoms with Gasteiger partial charge in [0.15, 0.2) is 5.41 Å². The number of carbonyl (C=O) groups is 2. The molecule has 1 saturated carbocycles. The van der Waals surface area contributed by atoms with Gasteiger partial charge < -0.3 is 4.74 Å². The number of cyclic esters (lactones) is 2. The highest BCUT2D eigenvalue weighted by molar-refractivity contribution is 6.13. The van der Waals surface area contributed by atoms with E-state index in [0.717, 1.165) is 19.3 Å². The summed E-state index contributed by atoms with van der Waals surface area (Å²) in [5.74, 6) is -0.579. The SMILES string of the molecule is O=C1OC(=O)C12CCCCC2. The molecule has 0 unspecified atom stereocenters. The molecule has 0 N–H and O–H groups in total. The minimum Gasteiger partial charge on any atom is -0.391 e. The first-order valence-electron chi connectivity index (χ1n) is 4.02. The Morgan fingerprint density at radius 3 is 1.91 bits per heavy atom. The average Bonchev–Trinajstić information content (AvgIpc) is 2.07. The molecular formula is C8H10O3. The van der Waals surface area contributed by atoms with Gasteiger partial charge in [-0.15, -0.1) is 0 Å². The van der Waals surface area contributed by atoms with E-state index >= 15 is 0 Å². The predicted octanol–water partition coefficient (Wildman–Crippen LogP) is 1.02. The Morgan fingerprint density at radius 1 is 1.00 bits per heavy atom. The van der Waals surface area contributed by atoms with E-state index in [4.69, 9.17) is 0 Å². The van der Waals surface area contributed by atoms with Crippen molar-refractivity contribution in [3.05, 3.63) is 0 Å². The molecule has 1 aliphatic carbocycles. The van der Waals surface area contributed by atoms with E-state index in [-0.39, 0.29) is 11.9 Å². The van der Waals surface area contributed by atoms with Crippen molar-refractivity contribution in [3.63, 3.8) is 0 Å². The van der Waals surface area contributed by atoms with Crippen LogP contribution in [0.3, 0.4) is 0 Å². The summed E-state index contributed by atoms with van der Waals surface area (Å²) in [6.07, 6.45) is 4.54. The molecule has 3 nitrogen and oxygen atoms in total. The highest BCUT2D eigenvalue weighted by Crippen LogP contribution is 2.44. The summed E-state index contributed by atoms with van der Waals surface area (Å²) in [6, 6.07) is 0. The molecule has 2 fully saturated rings. The summed E-state index contributed by atoms with van der Waals surface area (Å²) in [4.78, 5) is 21.9. The zero-order valence-corrected chi connectivity index (χ0v) is 6.26. The van der Waals surface area contributed by atoms with Crippen molar-refractivity contribution in [1.29, 1.82) is 0 Å². The molecule has 0 radical (unpaired) electrons. The molecule has 0 aromatic carbocycles. The first-order chi connectivity index (χ1) is 5.26. The number of rotatable bonds is 0. The van der Waals surface area contributed by atoms with Crippen molar-refractivity contribution in [2.24, 2.45) is 5.41 Å². The van der Waals surface area contributed by atoms with E-state index in [1.165, 1.54) is 0 Å². The predicted molar refractivity (Wildman–Crippen MR) is 36.6 cm³/mol. The fraction of sp³-hybridized carbons (Fsp3) is 0.750. The zero-order chi connectivity index (χ0) is 7.90. The van der Waals surface area contributed by atoms with Crippen molar-refractivity contribution < 1.29 is 14.3 Å². The summed E-state index contributed by atoms with van der Waals surface area (Å²) in [5.41, 5.74) is -0.682. The standard InChI is InChI=1S/C8H10O3/c9-6-8(7(10)11-6)4-2-1-3-5-8/h1-5H2. The van der Waals surface area contributed by atoms with E-state index in [2.05, 4.69) is 4.74 Å². The molecule has 3 heteroatoms. The first-order valence-corrected chi connectivity index (χ1v) is 4.02. The molecule has 0 aromatic rings. The Labute approximate surface area is 64.7 Å². The van der Waals surface area contributed by atoms with Crippen LogP contribution >= 0.6 is 0 Å². The molecule has 2 aliphatic rings. The van der Waals surface area contributed by atoms with Gasteiger partial charge in [0.25, 0.3) is 0 Å². The fourth-order valence-electron chi connectivity index (χ4n) is 1.88. The highest BCUT2D eigenvalue weighted by Gasteiger charge is 2.58. The number of carbonyl (C=O) groups excluding carboxylic acids is 2. The first kappa shape index (κ1) is 6.83. The number of hydrogen-bond acceptors (Lipinski definition) is 3. The van der Waals surface area contributed by atoms with Crippen LogP contribution in [0, 0.1) is 5.41 Å². The van der Waals surface area contributed by atoms with Crippen molar-refractivity contribution >= 4 is 11.9 Å². The summed E-state index contributed by atoms with van der Waals surface area (Å²) in [5, 5.41) is 0. The minimum atomic E-state index is -0.682. The second-order valence-electron chi connectivity index (χ2n) is 3.32. The maximum atomic E-state index is 11.0. The highest BCUT2D eigenvalue weighted by atomic mass is 16.6.